The first-order valence-corrected chi connectivity index (χ1v) is 8.59. The van der Waals surface area contributed by atoms with Gasteiger partial charge in [-0.2, -0.15) is 5.10 Å². The van der Waals surface area contributed by atoms with Crippen LogP contribution in [-0.4, -0.2) is 39.8 Å². The number of pyridine rings is 2. The summed E-state index contributed by atoms with van der Waals surface area (Å²) in [7, 11) is 0. The van der Waals surface area contributed by atoms with E-state index in [1.54, 1.807) is 0 Å². The van der Waals surface area contributed by atoms with Gasteiger partial charge in [-0.05, 0) is 38.1 Å². The fourth-order valence-electron chi connectivity index (χ4n) is 3.43. The molecule has 0 amide bonds. The summed E-state index contributed by atoms with van der Waals surface area (Å²) < 4.78 is 1.85. The van der Waals surface area contributed by atoms with Gasteiger partial charge < -0.3 is 10.2 Å². The summed E-state index contributed by atoms with van der Waals surface area (Å²) in [5.74, 6) is 0.924. The molecule has 0 spiro atoms. The summed E-state index contributed by atoms with van der Waals surface area (Å²) in [6.07, 6.45) is 3.78. The van der Waals surface area contributed by atoms with Crippen LogP contribution in [0.4, 0.5) is 5.82 Å². The molecule has 6 heteroatoms. The molecule has 2 atom stereocenters. The Hall–Kier alpha value is -2.11. The van der Waals surface area contributed by atoms with Crippen molar-refractivity contribution in [3.63, 3.8) is 0 Å². The largest absolute Gasteiger partial charge is 0.353 e. The van der Waals surface area contributed by atoms with E-state index in [9.17, 15) is 0 Å². The van der Waals surface area contributed by atoms with E-state index in [0.29, 0.717) is 17.1 Å². The number of piperazine rings is 1. The number of rotatable bonds is 2. The van der Waals surface area contributed by atoms with Gasteiger partial charge in [0.25, 0.3) is 0 Å². The van der Waals surface area contributed by atoms with E-state index in [4.69, 9.17) is 16.6 Å². The molecule has 0 radical (unpaired) electrons. The van der Waals surface area contributed by atoms with Crippen molar-refractivity contribution in [1.29, 1.82) is 0 Å². The predicted molar refractivity (Wildman–Crippen MR) is 97.7 cm³/mol. The van der Waals surface area contributed by atoms with E-state index in [1.165, 1.54) is 0 Å². The van der Waals surface area contributed by atoms with Gasteiger partial charge in [-0.1, -0.05) is 17.7 Å². The van der Waals surface area contributed by atoms with E-state index >= 15 is 0 Å². The molecule has 1 fully saturated rings. The minimum Gasteiger partial charge on any atom is -0.353 e. The molecule has 0 unspecified atom stereocenters. The molecule has 24 heavy (non-hydrogen) atoms. The number of nitrogens with one attached hydrogen (secondary N) is 1. The average molecular weight is 342 g/mol. The molecule has 0 aliphatic carbocycles. The van der Waals surface area contributed by atoms with Crippen molar-refractivity contribution in [1.82, 2.24) is 19.9 Å². The normalized spacial score (nSPS) is 21.4. The van der Waals surface area contributed by atoms with Crippen LogP contribution in [0.5, 0.6) is 0 Å². The molecule has 1 aliphatic heterocycles. The Morgan fingerprint density at radius 3 is 2.75 bits per heavy atom. The van der Waals surface area contributed by atoms with Gasteiger partial charge in [-0.25, -0.2) is 9.50 Å². The van der Waals surface area contributed by atoms with E-state index in [1.807, 2.05) is 47.2 Å². The predicted octanol–water partition coefficient (Wildman–Crippen LogP) is 3.24. The number of aromatic nitrogens is 3. The van der Waals surface area contributed by atoms with Crippen LogP contribution in [0.3, 0.4) is 0 Å². The smallest absolute Gasteiger partial charge is 0.130 e. The summed E-state index contributed by atoms with van der Waals surface area (Å²) in [6.45, 7) is 6.23. The lowest BCUT2D eigenvalue weighted by molar-refractivity contribution is 0.405. The highest BCUT2D eigenvalue weighted by molar-refractivity contribution is 6.31. The van der Waals surface area contributed by atoms with Crippen molar-refractivity contribution in [2.45, 2.75) is 25.9 Å². The summed E-state index contributed by atoms with van der Waals surface area (Å²) in [5.41, 5.74) is 2.88. The molecule has 0 saturated carbocycles. The van der Waals surface area contributed by atoms with E-state index < -0.39 is 0 Å². The highest BCUT2D eigenvalue weighted by Gasteiger charge is 2.23. The number of hydrogen-bond donors (Lipinski definition) is 1. The van der Waals surface area contributed by atoms with Crippen LogP contribution in [0.25, 0.3) is 16.8 Å². The molecular formula is C18H20ClN5. The van der Waals surface area contributed by atoms with Gasteiger partial charge in [0, 0.05) is 42.0 Å². The number of anilines is 1. The molecule has 1 aliphatic rings. The maximum absolute atomic E-state index is 6.40. The minimum absolute atomic E-state index is 0.426. The highest BCUT2D eigenvalue weighted by Crippen LogP contribution is 2.29. The second-order valence-electron chi connectivity index (χ2n) is 6.49. The monoisotopic (exact) mass is 341 g/mol. The van der Waals surface area contributed by atoms with Crippen molar-refractivity contribution >= 4 is 22.9 Å². The SMILES string of the molecule is C[C@@H]1CN(c2cc(Cl)cc(-c3cnn4ccccc34)n2)C[C@H](C)N1. The first-order valence-electron chi connectivity index (χ1n) is 8.21. The lowest BCUT2D eigenvalue weighted by Crippen LogP contribution is -2.54. The van der Waals surface area contributed by atoms with Crippen LogP contribution in [0, 0.1) is 0 Å². The van der Waals surface area contributed by atoms with Crippen LogP contribution in [-0.2, 0) is 0 Å². The Morgan fingerprint density at radius 1 is 1.17 bits per heavy atom. The summed E-state index contributed by atoms with van der Waals surface area (Å²) in [6, 6.07) is 10.7. The van der Waals surface area contributed by atoms with Gasteiger partial charge in [-0.15, -0.1) is 0 Å². The Morgan fingerprint density at radius 2 is 1.96 bits per heavy atom. The molecule has 4 rings (SSSR count). The minimum atomic E-state index is 0.426. The van der Waals surface area contributed by atoms with Crippen LogP contribution in [0.15, 0.2) is 42.7 Å². The summed E-state index contributed by atoms with van der Waals surface area (Å²) in [5, 5.41) is 8.64. The number of nitrogens with zero attached hydrogens (tertiary/aromatic N) is 4. The topological polar surface area (TPSA) is 45.5 Å². The fourth-order valence-corrected chi connectivity index (χ4v) is 3.63. The molecule has 0 aromatic carbocycles. The standard InChI is InChI=1S/C18H20ClN5/c1-12-10-23(11-13(2)21-12)18-8-14(19)7-16(22-18)15-9-20-24-6-4-3-5-17(15)24/h3-9,12-13,21H,10-11H2,1-2H3/t12-,13+. The number of halogens is 1. The first kappa shape index (κ1) is 15.4. The van der Waals surface area contributed by atoms with Crippen molar-refractivity contribution in [3.05, 3.63) is 47.7 Å². The third-order valence-electron chi connectivity index (χ3n) is 4.36. The van der Waals surface area contributed by atoms with E-state index in [0.717, 1.165) is 35.7 Å². The first-order chi connectivity index (χ1) is 11.6. The molecule has 0 bridgehead atoms. The summed E-state index contributed by atoms with van der Waals surface area (Å²) >= 11 is 6.40. The molecule has 1 saturated heterocycles. The third-order valence-corrected chi connectivity index (χ3v) is 4.58. The quantitative estimate of drug-likeness (QED) is 0.777. The number of fused-ring (bicyclic) bond motifs is 1. The van der Waals surface area contributed by atoms with Crippen molar-refractivity contribution < 1.29 is 0 Å². The van der Waals surface area contributed by atoms with Crippen molar-refractivity contribution in [3.8, 4) is 11.3 Å². The second kappa shape index (κ2) is 6.07. The molecule has 5 nitrogen and oxygen atoms in total. The van der Waals surface area contributed by atoms with Crippen LogP contribution in [0.1, 0.15) is 13.8 Å². The van der Waals surface area contributed by atoms with Gasteiger partial charge >= 0.3 is 0 Å². The van der Waals surface area contributed by atoms with E-state index in [2.05, 4.69) is 29.2 Å². The van der Waals surface area contributed by atoms with Crippen LogP contribution in [0.2, 0.25) is 5.02 Å². The molecule has 4 heterocycles. The Labute approximate surface area is 146 Å². The molecule has 3 aromatic heterocycles. The molecule has 124 valence electrons. The van der Waals surface area contributed by atoms with Gasteiger partial charge in [-0.3, -0.25) is 0 Å². The lowest BCUT2D eigenvalue weighted by atomic mass is 10.1. The second-order valence-corrected chi connectivity index (χ2v) is 6.93. The highest BCUT2D eigenvalue weighted by atomic mass is 35.5. The average Bonchev–Trinajstić information content (AvgIpc) is 2.97. The number of hydrogen-bond acceptors (Lipinski definition) is 4. The third kappa shape index (κ3) is 2.85. The van der Waals surface area contributed by atoms with Crippen molar-refractivity contribution in [2.24, 2.45) is 0 Å². The Balaban J connectivity index is 1.76. The zero-order valence-corrected chi connectivity index (χ0v) is 14.5. The van der Waals surface area contributed by atoms with Gasteiger partial charge in [0.15, 0.2) is 0 Å². The Kier molecular flexibility index (Phi) is 3.90. The Bertz CT molecular complexity index is 865. The molecule has 1 N–H and O–H groups in total. The van der Waals surface area contributed by atoms with Gasteiger partial charge in [0.05, 0.1) is 17.4 Å². The zero-order chi connectivity index (χ0) is 16.7. The van der Waals surface area contributed by atoms with Gasteiger partial charge in [0.1, 0.15) is 5.82 Å². The fraction of sp³-hybridized carbons (Fsp3) is 0.333. The molecular weight excluding hydrogens is 322 g/mol. The van der Waals surface area contributed by atoms with E-state index in [-0.39, 0.29) is 0 Å². The van der Waals surface area contributed by atoms with Crippen molar-refractivity contribution in [2.75, 3.05) is 18.0 Å². The maximum atomic E-state index is 6.40. The molecule has 3 aromatic rings. The zero-order valence-electron chi connectivity index (χ0n) is 13.8. The summed E-state index contributed by atoms with van der Waals surface area (Å²) in [4.78, 5) is 7.18. The van der Waals surface area contributed by atoms with Crippen LogP contribution < -0.4 is 10.2 Å². The maximum Gasteiger partial charge on any atom is 0.130 e. The van der Waals surface area contributed by atoms with Crippen LogP contribution >= 0.6 is 11.6 Å². The van der Waals surface area contributed by atoms with Gasteiger partial charge in [0.2, 0.25) is 0 Å². The lowest BCUT2D eigenvalue weighted by Gasteiger charge is -2.37.